The Morgan fingerprint density at radius 3 is 2.88 bits per heavy atom. The lowest BCUT2D eigenvalue weighted by Crippen LogP contribution is -2.33. The molecule has 1 aromatic heterocycles. The molecule has 0 bridgehead atoms. The summed E-state index contributed by atoms with van der Waals surface area (Å²) in [5, 5.41) is 17.0. The molecule has 5 N–H and O–H groups in total. The van der Waals surface area contributed by atoms with E-state index < -0.39 is 5.60 Å². The van der Waals surface area contributed by atoms with Crippen LogP contribution in [0.25, 0.3) is 0 Å². The Bertz CT molecular complexity index is 918. The molecule has 2 aliphatic rings. The van der Waals surface area contributed by atoms with E-state index in [0.29, 0.717) is 29.8 Å². The number of hydrogen-bond donors (Lipinski definition) is 4. The predicted octanol–water partition coefficient (Wildman–Crippen LogP) is 3.70. The summed E-state index contributed by atoms with van der Waals surface area (Å²) in [5.74, 6) is 0.292. The summed E-state index contributed by atoms with van der Waals surface area (Å²) in [5.41, 5.74) is 10.8. The molecule has 6 heteroatoms. The maximum Gasteiger partial charge on any atom is 0.251 e. The fourth-order valence-electron chi connectivity index (χ4n) is 4.56. The second-order valence-electron chi connectivity index (χ2n) is 9.63. The number of nitrogens with zero attached hydrogens (tertiary/aromatic N) is 1. The number of hydrogen-bond acceptors (Lipinski definition) is 5. The maximum absolute atomic E-state index is 13.0. The molecule has 2 atom stereocenters. The summed E-state index contributed by atoms with van der Waals surface area (Å²) < 4.78 is 0. The topological polar surface area (TPSA) is 100 Å². The Hall–Kier alpha value is -2.44. The smallest absolute Gasteiger partial charge is 0.251 e. The van der Waals surface area contributed by atoms with Crippen LogP contribution in [0.3, 0.4) is 0 Å². The number of aromatic nitrogens is 1. The number of pyridine rings is 1. The minimum atomic E-state index is -1.09. The van der Waals surface area contributed by atoms with Crippen LogP contribution >= 0.6 is 0 Å². The van der Waals surface area contributed by atoms with Gasteiger partial charge in [-0.3, -0.25) is 9.78 Å². The third-order valence-electron chi connectivity index (χ3n) is 6.61. The molecule has 1 saturated heterocycles. The van der Waals surface area contributed by atoms with Crippen LogP contribution in [0, 0.1) is 5.92 Å². The lowest BCUT2D eigenvalue weighted by molar-refractivity contribution is 0.0737. The minimum Gasteiger partial charge on any atom is -0.405 e. The molecule has 0 aromatic carbocycles. The molecule has 0 saturated carbocycles. The number of amides is 1. The number of carbonyl (C=O) groups excluding carboxylic acids is 1. The lowest BCUT2D eigenvalue weighted by Gasteiger charge is -2.30. The first-order chi connectivity index (χ1) is 15.2. The fraction of sp³-hybridized carbons (Fsp3) is 0.538. The normalized spacial score (nSPS) is 22.2. The van der Waals surface area contributed by atoms with Gasteiger partial charge in [-0.05, 0) is 94.8 Å². The number of nitrogens with two attached hydrogens (primary N) is 1. The summed E-state index contributed by atoms with van der Waals surface area (Å²) in [4.78, 5) is 17.2. The molecule has 3 rings (SSSR count). The van der Waals surface area contributed by atoms with Gasteiger partial charge in [-0.2, -0.15) is 0 Å². The van der Waals surface area contributed by atoms with E-state index in [1.807, 2.05) is 0 Å². The second kappa shape index (κ2) is 10.5. The molecule has 1 aliphatic heterocycles. The molecule has 1 aliphatic carbocycles. The molecule has 2 heterocycles. The Kier molecular flexibility index (Phi) is 7.91. The standard InChI is InChI=1S/C26H38N4O2/c1-17(15-27)7-9-20-18(2)8-10-21(23-6-5-12-28-23)22(20)16-30-25(31)19-11-13-29-24(14-19)26(3,4)32/h10-11,13-15,18,23,28,32H,5-9,12,16,27H2,1-4H3,(H,30,31)/b17-15-/t18-,23-/m0/s1. The monoisotopic (exact) mass is 438 g/mol. The maximum atomic E-state index is 13.0. The zero-order valence-electron chi connectivity index (χ0n) is 19.9. The first-order valence-electron chi connectivity index (χ1n) is 11.7. The van der Waals surface area contributed by atoms with Crippen molar-refractivity contribution in [3.05, 3.63) is 64.2 Å². The summed E-state index contributed by atoms with van der Waals surface area (Å²) >= 11 is 0. The molecule has 1 fully saturated rings. The van der Waals surface area contributed by atoms with Crippen LogP contribution in [0.15, 0.2) is 52.9 Å². The highest BCUT2D eigenvalue weighted by Crippen LogP contribution is 2.36. The van der Waals surface area contributed by atoms with Gasteiger partial charge in [0.25, 0.3) is 5.91 Å². The molecule has 0 radical (unpaired) electrons. The van der Waals surface area contributed by atoms with Crippen molar-refractivity contribution in [1.82, 2.24) is 15.6 Å². The first kappa shape index (κ1) is 24.2. The second-order valence-corrected chi connectivity index (χ2v) is 9.63. The van der Waals surface area contributed by atoms with Gasteiger partial charge in [-0.25, -0.2) is 0 Å². The van der Waals surface area contributed by atoms with Crippen LogP contribution in [-0.2, 0) is 5.60 Å². The number of rotatable bonds is 8. The van der Waals surface area contributed by atoms with Crippen molar-refractivity contribution >= 4 is 5.91 Å². The van der Waals surface area contributed by atoms with Crippen LogP contribution in [0.1, 0.15) is 75.9 Å². The van der Waals surface area contributed by atoms with Crippen LogP contribution < -0.4 is 16.4 Å². The van der Waals surface area contributed by atoms with Gasteiger partial charge in [0.05, 0.1) is 5.69 Å². The molecule has 0 spiro atoms. The van der Waals surface area contributed by atoms with Gasteiger partial charge in [0.1, 0.15) is 5.60 Å². The van der Waals surface area contributed by atoms with Gasteiger partial charge in [0.2, 0.25) is 0 Å². The number of carbonyl (C=O) groups is 1. The summed E-state index contributed by atoms with van der Waals surface area (Å²) in [7, 11) is 0. The van der Waals surface area contributed by atoms with Gasteiger partial charge in [0, 0.05) is 24.3 Å². The van der Waals surface area contributed by atoms with Crippen LogP contribution in [0.2, 0.25) is 0 Å². The first-order valence-corrected chi connectivity index (χ1v) is 11.7. The highest BCUT2D eigenvalue weighted by molar-refractivity contribution is 5.94. The molecule has 174 valence electrons. The van der Waals surface area contributed by atoms with E-state index in [1.54, 1.807) is 38.4 Å². The Labute approximate surface area is 192 Å². The Morgan fingerprint density at radius 1 is 1.44 bits per heavy atom. The van der Waals surface area contributed by atoms with Crippen molar-refractivity contribution in [3.63, 3.8) is 0 Å². The Balaban J connectivity index is 1.84. The van der Waals surface area contributed by atoms with Crippen molar-refractivity contribution in [1.29, 1.82) is 0 Å². The van der Waals surface area contributed by atoms with Crippen LogP contribution in [-0.4, -0.2) is 35.1 Å². The van der Waals surface area contributed by atoms with Gasteiger partial charge in [-0.15, -0.1) is 0 Å². The number of allylic oxidation sites excluding steroid dienone is 3. The summed E-state index contributed by atoms with van der Waals surface area (Å²) in [6, 6.07) is 3.71. The quantitative estimate of drug-likeness (QED) is 0.496. The zero-order valence-corrected chi connectivity index (χ0v) is 19.9. The average Bonchev–Trinajstić information content (AvgIpc) is 3.30. The van der Waals surface area contributed by atoms with Crippen molar-refractivity contribution in [3.8, 4) is 0 Å². The highest BCUT2D eigenvalue weighted by atomic mass is 16.3. The van der Waals surface area contributed by atoms with E-state index in [1.165, 1.54) is 28.7 Å². The third kappa shape index (κ3) is 5.87. The van der Waals surface area contributed by atoms with Crippen molar-refractivity contribution in [2.75, 3.05) is 13.1 Å². The predicted molar refractivity (Wildman–Crippen MR) is 129 cm³/mol. The van der Waals surface area contributed by atoms with E-state index in [4.69, 9.17) is 5.73 Å². The molecule has 32 heavy (non-hydrogen) atoms. The number of nitrogens with one attached hydrogen (secondary N) is 2. The fourth-order valence-corrected chi connectivity index (χ4v) is 4.56. The van der Waals surface area contributed by atoms with E-state index in [2.05, 4.69) is 35.5 Å². The van der Waals surface area contributed by atoms with Crippen molar-refractivity contribution < 1.29 is 9.90 Å². The largest absolute Gasteiger partial charge is 0.405 e. The minimum absolute atomic E-state index is 0.153. The van der Waals surface area contributed by atoms with Gasteiger partial charge >= 0.3 is 0 Å². The van der Waals surface area contributed by atoms with E-state index >= 15 is 0 Å². The van der Waals surface area contributed by atoms with Crippen LogP contribution in [0.4, 0.5) is 0 Å². The molecular weight excluding hydrogens is 400 g/mol. The van der Waals surface area contributed by atoms with Crippen LogP contribution in [0.5, 0.6) is 0 Å². The van der Waals surface area contributed by atoms with E-state index in [9.17, 15) is 9.90 Å². The molecule has 0 unspecified atom stereocenters. The third-order valence-corrected chi connectivity index (χ3v) is 6.61. The molecule has 1 amide bonds. The van der Waals surface area contributed by atoms with Gasteiger partial charge in [-0.1, -0.05) is 24.1 Å². The Morgan fingerprint density at radius 2 is 2.22 bits per heavy atom. The summed E-state index contributed by atoms with van der Waals surface area (Å²) in [6.45, 7) is 9.20. The average molecular weight is 439 g/mol. The zero-order chi connectivity index (χ0) is 23.3. The molecular formula is C26H38N4O2. The van der Waals surface area contributed by atoms with Crippen molar-refractivity contribution in [2.24, 2.45) is 11.7 Å². The van der Waals surface area contributed by atoms with Crippen molar-refractivity contribution in [2.45, 2.75) is 71.4 Å². The summed E-state index contributed by atoms with van der Waals surface area (Å²) in [6.07, 6.45) is 10.9. The van der Waals surface area contributed by atoms with E-state index in [0.717, 1.165) is 32.2 Å². The van der Waals surface area contributed by atoms with Gasteiger partial charge in [0.15, 0.2) is 0 Å². The lowest BCUT2D eigenvalue weighted by atomic mass is 9.78. The van der Waals surface area contributed by atoms with E-state index in [-0.39, 0.29) is 5.91 Å². The molecule has 1 aromatic rings. The number of aliphatic hydroxyl groups is 1. The molecule has 6 nitrogen and oxygen atoms in total. The SMILES string of the molecule is C/C(=C/N)CCC1=C(CNC(=O)c2ccnc(C(C)(C)O)c2)C([C@@H]2CCCN2)=CC[C@@H]1C. The highest BCUT2D eigenvalue weighted by Gasteiger charge is 2.28. The van der Waals surface area contributed by atoms with Gasteiger partial charge < -0.3 is 21.5 Å².